The highest BCUT2D eigenvalue weighted by Gasteiger charge is 2.11. The number of carbonyl (C=O) groups excluding carboxylic acids is 1. The number of pyridine rings is 1. The zero-order valence-electron chi connectivity index (χ0n) is 13.4. The molecule has 3 rings (SSSR count). The van der Waals surface area contributed by atoms with Crippen LogP contribution in [0.4, 0.5) is 0 Å². The topological polar surface area (TPSA) is 39.3 Å². The fraction of sp³-hybridized carbons (Fsp3) is 0.158. The standard InChI is InChI=1S/C19H18BrN3O/c1-2-22-14-16(20)12-17(22)19(24)21-18-10-6-7-11-23(18)13-15-8-4-3-5-9-15/h3-12,14H,2,13H2,1H3. The van der Waals surface area contributed by atoms with Crippen LogP contribution in [-0.4, -0.2) is 15.0 Å². The summed E-state index contributed by atoms with van der Waals surface area (Å²) >= 11 is 3.42. The van der Waals surface area contributed by atoms with Gasteiger partial charge in [-0.2, -0.15) is 4.99 Å². The number of carbonyl (C=O) groups is 1. The summed E-state index contributed by atoms with van der Waals surface area (Å²) in [6.07, 6.45) is 3.83. The first-order valence-corrected chi connectivity index (χ1v) is 8.61. The Kier molecular flexibility index (Phi) is 5.11. The van der Waals surface area contributed by atoms with Gasteiger partial charge in [0.15, 0.2) is 0 Å². The van der Waals surface area contributed by atoms with Crippen LogP contribution in [0.2, 0.25) is 0 Å². The molecular formula is C19H18BrN3O. The van der Waals surface area contributed by atoms with Crippen molar-refractivity contribution in [2.24, 2.45) is 4.99 Å². The third kappa shape index (κ3) is 3.74. The molecule has 1 amide bonds. The van der Waals surface area contributed by atoms with Crippen molar-refractivity contribution in [3.8, 4) is 0 Å². The van der Waals surface area contributed by atoms with Crippen LogP contribution >= 0.6 is 15.9 Å². The van der Waals surface area contributed by atoms with E-state index in [0.29, 0.717) is 17.7 Å². The molecule has 3 aromatic rings. The van der Waals surface area contributed by atoms with Crippen LogP contribution in [0.15, 0.2) is 76.5 Å². The van der Waals surface area contributed by atoms with Crippen LogP contribution in [0.25, 0.3) is 0 Å². The van der Waals surface area contributed by atoms with E-state index in [-0.39, 0.29) is 5.91 Å². The van der Waals surface area contributed by atoms with Gasteiger partial charge in [-0.15, -0.1) is 0 Å². The van der Waals surface area contributed by atoms with Crippen molar-refractivity contribution < 1.29 is 4.79 Å². The number of rotatable bonds is 4. The van der Waals surface area contributed by atoms with E-state index in [1.54, 1.807) is 6.07 Å². The predicted molar refractivity (Wildman–Crippen MR) is 97.7 cm³/mol. The molecule has 0 saturated carbocycles. The zero-order chi connectivity index (χ0) is 16.9. The van der Waals surface area contributed by atoms with Gasteiger partial charge in [-0.1, -0.05) is 36.4 Å². The van der Waals surface area contributed by atoms with E-state index in [2.05, 4.69) is 33.1 Å². The van der Waals surface area contributed by atoms with Crippen molar-refractivity contribution in [3.05, 3.63) is 88.2 Å². The summed E-state index contributed by atoms with van der Waals surface area (Å²) in [6.45, 7) is 3.40. The van der Waals surface area contributed by atoms with Crippen molar-refractivity contribution in [2.45, 2.75) is 20.0 Å². The van der Waals surface area contributed by atoms with Crippen LogP contribution in [0.1, 0.15) is 23.0 Å². The van der Waals surface area contributed by atoms with Crippen molar-refractivity contribution in [2.75, 3.05) is 0 Å². The van der Waals surface area contributed by atoms with E-state index >= 15 is 0 Å². The quantitative estimate of drug-likeness (QED) is 0.673. The Hall–Kier alpha value is -2.40. The Bertz CT molecular complexity index is 910. The summed E-state index contributed by atoms with van der Waals surface area (Å²) in [5.41, 5.74) is 2.39. The number of nitrogens with zero attached hydrogens (tertiary/aromatic N) is 3. The van der Waals surface area contributed by atoms with E-state index in [4.69, 9.17) is 0 Å². The lowest BCUT2D eigenvalue weighted by atomic mass is 10.2. The number of hydrogen-bond acceptors (Lipinski definition) is 1. The molecule has 5 heteroatoms. The van der Waals surface area contributed by atoms with Crippen LogP contribution in [0.5, 0.6) is 0 Å². The molecule has 0 unspecified atom stereocenters. The lowest BCUT2D eigenvalue weighted by molar-refractivity contribution is 0.0988. The first kappa shape index (κ1) is 16.5. The summed E-state index contributed by atoms with van der Waals surface area (Å²) in [5.74, 6) is -0.240. The minimum Gasteiger partial charge on any atom is -0.343 e. The van der Waals surface area contributed by atoms with Gasteiger partial charge < -0.3 is 9.13 Å². The molecule has 1 aromatic carbocycles. The van der Waals surface area contributed by atoms with Gasteiger partial charge in [0.2, 0.25) is 0 Å². The van der Waals surface area contributed by atoms with Gasteiger partial charge in [-0.05, 0) is 46.6 Å². The number of aromatic nitrogens is 2. The van der Waals surface area contributed by atoms with Gasteiger partial charge in [-0.3, -0.25) is 4.79 Å². The number of hydrogen-bond donors (Lipinski definition) is 0. The van der Waals surface area contributed by atoms with Crippen molar-refractivity contribution in [1.29, 1.82) is 0 Å². The average Bonchev–Trinajstić information content (AvgIpc) is 2.99. The highest BCUT2D eigenvalue weighted by molar-refractivity contribution is 9.10. The van der Waals surface area contributed by atoms with E-state index < -0.39 is 0 Å². The normalized spacial score (nSPS) is 11.7. The van der Waals surface area contributed by atoms with Gasteiger partial charge in [0.25, 0.3) is 5.91 Å². The Labute approximate surface area is 149 Å². The largest absolute Gasteiger partial charge is 0.343 e. The third-order valence-corrected chi connectivity index (χ3v) is 4.19. The zero-order valence-corrected chi connectivity index (χ0v) is 15.0. The van der Waals surface area contributed by atoms with Gasteiger partial charge in [0.1, 0.15) is 11.2 Å². The molecular weight excluding hydrogens is 366 g/mol. The maximum absolute atomic E-state index is 12.6. The molecule has 0 radical (unpaired) electrons. The van der Waals surface area contributed by atoms with Crippen molar-refractivity contribution >= 4 is 21.8 Å². The summed E-state index contributed by atoms with van der Waals surface area (Å²) < 4.78 is 4.75. The Morgan fingerprint density at radius 3 is 2.58 bits per heavy atom. The summed E-state index contributed by atoms with van der Waals surface area (Å²) in [5, 5.41) is 0. The second kappa shape index (κ2) is 7.45. The molecule has 0 aliphatic rings. The number of aryl methyl sites for hydroxylation is 1. The lowest BCUT2D eigenvalue weighted by Gasteiger charge is -2.07. The molecule has 0 aliphatic carbocycles. The van der Waals surface area contributed by atoms with E-state index in [9.17, 15) is 4.79 Å². The van der Waals surface area contributed by atoms with Gasteiger partial charge in [-0.25, -0.2) is 0 Å². The van der Waals surface area contributed by atoms with Crippen LogP contribution in [0, 0.1) is 0 Å². The fourth-order valence-corrected chi connectivity index (χ4v) is 3.02. The molecule has 0 saturated heterocycles. The van der Waals surface area contributed by atoms with Gasteiger partial charge in [0, 0.05) is 30.0 Å². The van der Waals surface area contributed by atoms with Crippen LogP contribution in [0.3, 0.4) is 0 Å². The fourth-order valence-electron chi connectivity index (χ4n) is 2.56. The second-order valence-electron chi connectivity index (χ2n) is 5.42. The first-order valence-electron chi connectivity index (χ1n) is 7.81. The minimum absolute atomic E-state index is 0.240. The molecule has 24 heavy (non-hydrogen) atoms. The summed E-state index contributed by atoms with van der Waals surface area (Å²) in [4.78, 5) is 16.9. The molecule has 0 atom stereocenters. The average molecular weight is 384 g/mol. The Balaban J connectivity index is 1.97. The van der Waals surface area contributed by atoms with E-state index in [1.807, 2.05) is 64.8 Å². The second-order valence-corrected chi connectivity index (χ2v) is 6.33. The molecule has 0 spiro atoms. The molecule has 2 aromatic heterocycles. The highest BCUT2D eigenvalue weighted by Crippen LogP contribution is 2.15. The number of amides is 1. The van der Waals surface area contributed by atoms with E-state index in [0.717, 1.165) is 16.6 Å². The molecule has 122 valence electrons. The predicted octanol–water partition coefficient (Wildman–Crippen LogP) is 3.86. The number of halogens is 1. The Morgan fingerprint density at radius 2 is 1.83 bits per heavy atom. The van der Waals surface area contributed by atoms with Gasteiger partial charge in [0.05, 0.1) is 0 Å². The van der Waals surface area contributed by atoms with Crippen LogP contribution < -0.4 is 5.49 Å². The highest BCUT2D eigenvalue weighted by atomic mass is 79.9. The van der Waals surface area contributed by atoms with Crippen molar-refractivity contribution in [3.63, 3.8) is 0 Å². The summed E-state index contributed by atoms with van der Waals surface area (Å²) in [6, 6.07) is 17.6. The monoisotopic (exact) mass is 383 g/mol. The molecule has 0 bridgehead atoms. The maximum atomic E-state index is 12.6. The van der Waals surface area contributed by atoms with E-state index in [1.165, 1.54) is 0 Å². The smallest absolute Gasteiger partial charge is 0.295 e. The molecule has 2 heterocycles. The Morgan fingerprint density at radius 1 is 1.08 bits per heavy atom. The maximum Gasteiger partial charge on any atom is 0.295 e. The molecule has 0 aliphatic heterocycles. The third-order valence-electron chi connectivity index (χ3n) is 3.75. The molecule has 0 fully saturated rings. The molecule has 4 nitrogen and oxygen atoms in total. The number of benzene rings is 1. The molecule has 0 N–H and O–H groups in total. The van der Waals surface area contributed by atoms with Crippen molar-refractivity contribution in [1.82, 2.24) is 9.13 Å². The SMILES string of the molecule is CCn1cc(Br)cc1C(=O)N=c1ccccn1Cc1ccccc1. The first-order chi connectivity index (χ1) is 11.7. The lowest BCUT2D eigenvalue weighted by Crippen LogP contribution is -2.22. The van der Waals surface area contributed by atoms with Crippen LogP contribution in [-0.2, 0) is 13.1 Å². The van der Waals surface area contributed by atoms with Gasteiger partial charge >= 0.3 is 0 Å². The minimum atomic E-state index is -0.240. The summed E-state index contributed by atoms with van der Waals surface area (Å²) in [7, 11) is 0.